The number of carbonyl (C=O) groups excluding carboxylic acids is 2. The van der Waals surface area contributed by atoms with E-state index in [1.165, 1.54) is 31.2 Å². The molecule has 0 saturated heterocycles. The number of carbonyl (C=O) groups is 2. The molecule has 5 aromatic rings. The van der Waals surface area contributed by atoms with Gasteiger partial charge in [-0.2, -0.15) is 5.10 Å². The first-order chi connectivity index (χ1) is 16.9. The van der Waals surface area contributed by atoms with Crippen molar-refractivity contribution in [2.24, 2.45) is 0 Å². The van der Waals surface area contributed by atoms with Crippen LogP contribution in [0.3, 0.4) is 0 Å². The molecule has 0 unspecified atom stereocenters. The molecule has 2 aromatic heterocycles. The van der Waals surface area contributed by atoms with Crippen molar-refractivity contribution in [2.75, 3.05) is 0 Å². The summed E-state index contributed by atoms with van der Waals surface area (Å²) in [6.07, 6.45) is 5.06. The average Bonchev–Trinajstić information content (AvgIpc) is 3.54. The summed E-state index contributed by atoms with van der Waals surface area (Å²) in [6.45, 7) is 1.49. The smallest absolute Gasteiger partial charge is 0.254 e. The third-order valence-electron chi connectivity index (χ3n) is 5.72. The molecular formula is C26H20ClF2N5O2. The molecule has 0 radical (unpaired) electrons. The van der Waals surface area contributed by atoms with Crippen molar-refractivity contribution in [3.63, 3.8) is 0 Å². The van der Waals surface area contributed by atoms with Crippen molar-refractivity contribution < 1.29 is 18.4 Å². The van der Waals surface area contributed by atoms with Crippen molar-refractivity contribution in [1.82, 2.24) is 25.1 Å². The monoisotopic (exact) mass is 507 g/mol. The minimum Gasteiger partial charge on any atom is -0.342 e. The van der Waals surface area contributed by atoms with E-state index in [1.54, 1.807) is 29.4 Å². The van der Waals surface area contributed by atoms with Crippen LogP contribution < -0.4 is 5.32 Å². The summed E-state index contributed by atoms with van der Waals surface area (Å²) in [5.74, 6) is -2.35. The summed E-state index contributed by atoms with van der Waals surface area (Å²) in [5.41, 5.74) is 3.85. The molecule has 5 rings (SSSR count). The molecule has 182 valence electrons. The highest BCUT2D eigenvalue weighted by Crippen LogP contribution is 2.26. The molecule has 0 spiro atoms. The number of H-pyrrole nitrogens is 1. The number of aromatic amines is 1. The zero-order valence-corrected chi connectivity index (χ0v) is 19.7. The molecular weight excluding hydrogens is 488 g/mol. The van der Waals surface area contributed by atoms with Gasteiger partial charge in [0, 0.05) is 17.3 Å². The number of amides is 1. The van der Waals surface area contributed by atoms with Crippen LogP contribution in [0.15, 0.2) is 79.4 Å². The third-order valence-corrected chi connectivity index (χ3v) is 5.72. The van der Waals surface area contributed by atoms with Crippen molar-refractivity contribution in [1.29, 1.82) is 0 Å². The Morgan fingerprint density at radius 2 is 1.78 bits per heavy atom. The highest BCUT2D eigenvalue weighted by atomic mass is 35.5. The number of aromatic nitrogens is 4. The van der Waals surface area contributed by atoms with E-state index in [4.69, 9.17) is 0 Å². The van der Waals surface area contributed by atoms with E-state index < -0.39 is 29.4 Å². The van der Waals surface area contributed by atoms with Crippen LogP contribution in [-0.2, 0) is 0 Å². The topological polar surface area (TPSA) is 92.7 Å². The van der Waals surface area contributed by atoms with Gasteiger partial charge in [0.25, 0.3) is 5.91 Å². The molecule has 0 aliphatic heterocycles. The number of Topliss-reactive ketones (excluding diaryl/α,β-unsaturated/α-hetero) is 1. The maximum absolute atomic E-state index is 15.0. The van der Waals surface area contributed by atoms with Gasteiger partial charge in [-0.25, -0.2) is 13.8 Å². The van der Waals surface area contributed by atoms with Crippen LogP contribution in [-0.4, -0.2) is 37.5 Å². The number of rotatable bonds is 6. The number of fused-ring (bicyclic) bond motifs is 1. The van der Waals surface area contributed by atoms with Gasteiger partial charge in [0.1, 0.15) is 18.0 Å². The molecule has 3 aromatic carbocycles. The van der Waals surface area contributed by atoms with Crippen molar-refractivity contribution in [2.45, 2.75) is 13.0 Å². The molecule has 0 aliphatic carbocycles. The molecule has 1 atom stereocenters. The number of benzene rings is 3. The summed E-state index contributed by atoms with van der Waals surface area (Å²) in [7, 11) is 0. The van der Waals surface area contributed by atoms with Crippen molar-refractivity contribution in [3.05, 3.63) is 102 Å². The molecule has 2 heterocycles. The standard InChI is InChI=1S/C26H19F2N5O2.ClH/c1-15(25(34)16-2-5-19(27)6-3-16)32-26(35)21-8-7-20(11-22(21)28)33-14-29-23-9-4-17(10-24(23)33)18-12-30-31-13-18;/h2-15H,1H3,(H,30,31)(H,32,35);1H/t15-;/m0./s1. The van der Waals surface area contributed by atoms with Gasteiger partial charge >= 0.3 is 0 Å². The number of nitrogens with zero attached hydrogens (tertiary/aromatic N) is 3. The van der Waals surface area contributed by atoms with Crippen LogP contribution in [0.4, 0.5) is 8.78 Å². The summed E-state index contributed by atoms with van der Waals surface area (Å²) < 4.78 is 29.8. The summed E-state index contributed by atoms with van der Waals surface area (Å²) in [6, 6.07) is 14.0. The van der Waals surface area contributed by atoms with E-state index in [-0.39, 0.29) is 23.5 Å². The Kier molecular flexibility index (Phi) is 6.93. The van der Waals surface area contributed by atoms with Gasteiger partial charge in [-0.3, -0.25) is 19.3 Å². The lowest BCUT2D eigenvalue weighted by molar-refractivity contribution is 0.0863. The van der Waals surface area contributed by atoms with Gasteiger partial charge < -0.3 is 5.32 Å². The van der Waals surface area contributed by atoms with Crippen LogP contribution >= 0.6 is 12.4 Å². The number of ketones is 1. The normalized spacial score (nSPS) is 11.6. The zero-order chi connectivity index (χ0) is 24.5. The first-order valence-electron chi connectivity index (χ1n) is 10.8. The number of hydrogen-bond acceptors (Lipinski definition) is 4. The van der Waals surface area contributed by atoms with Crippen LogP contribution in [0, 0.1) is 11.6 Å². The van der Waals surface area contributed by atoms with Gasteiger partial charge in [0.05, 0.1) is 34.5 Å². The molecule has 0 fully saturated rings. The van der Waals surface area contributed by atoms with Gasteiger partial charge in [0.2, 0.25) is 0 Å². The average molecular weight is 508 g/mol. The lowest BCUT2D eigenvalue weighted by Crippen LogP contribution is -2.38. The second kappa shape index (κ2) is 10.1. The summed E-state index contributed by atoms with van der Waals surface area (Å²) in [5, 5.41) is 9.25. The SMILES string of the molecule is C[C@H](NC(=O)c1ccc(-n2cnc3ccc(-c4cn[nH]c4)cc32)cc1F)C(=O)c1ccc(F)cc1.Cl. The first-order valence-corrected chi connectivity index (χ1v) is 10.8. The minimum absolute atomic E-state index is 0. The number of imidazole rings is 1. The van der Waals surface area contributed by atoms with Crippen molar-refractivity contribution in [3.8, 4) is 16.8 Å². The fourth-order valence-corrected chi connectivity index (χ4v) is 3.84. The molecule has 36 heavy (non-hydrogen) atoms. The van der Waals surface area contributed by atoms with E-state index in [0.717, 1.165) is 34.3 Å². The highest BCUT2D eigenvalue weighted by molar-refractivity contribution is 6.04. The van der Waals surface area contributed by atoms with Crippen LogP contribution in [0.5, 0.6) is 0 Å². The Bertz CT molecular complexity index is 1550. The number of nitrogens with one attached hydrogen (secondary N) is 2. The molecule has 0 bridgehead atoms. The van der Waals surface area contributed by atoms with Crippen LogP contribution in [0.1, 0.15) is 27.6 Å². The third kappa shape index (κ3) is 4.73. The van der Waals surface area contributed by atoms with E-state index in [0.29, 0.717) is 5.69 Å². The maximum Gasteiger partial charge on any atom is 0.254 e. The van der Waals surface area contributed by atoms with Gasteiger partial charge in [-0.05, 0) is 67.1 Å². The Morgan fingerprint density at radius 1 is 1.00 bits per heavy atom. The predicted molar refractivity (Wildman–Crippen MR) is 134 cm³/mol. The van der Waals surface area contributed by atoms with E-state index in [9.17, 15) is 18.4 Å². The van der Waals surface area contributed by atoms with Gasteiger partial charge in [0.15, 0.2) is 5.78 Å². The molecule has 2 N–H and O–H groups in total. The molecule has 7 nitrogen and oxygen atoms in total. The lowest BCUT2D eigenvalue weighted by Gasteiger charge is -2.14. The van der Waals surface area contributed by atoms with E-state index in [1.807, 2.05) is 18.2 Å². The molecule has 1 amide bonds. The lowest BCUT2D eigenvalue weighted by atomic mass is 10.0. The quantitative estimate of drug-likeness (QED) is 0.312. The second-order valence-electron chi connectivity index (χ2n) is 8.04. The first kappa shape index (κ1) is 24.7. The number of hydrogen-bond donors (Lipinski definition) is 2. The highest BCUT2D eigenvalue weighted by Gasteiger charge is 2.21. The Balaban J connectivity index is 0.00000304. The van der Waals surface area contributed by atoms with E-state index in [2.05, 4.69) is 20.5 Å². The zero-order valence-electron chi connectivity index (χ0n) is 18.9. The summed E-state index contributed by atoms with van der Waals surface area (Å²) in [4.78, 5) is 29.5. The second-order valence-corrected chi connectivity index (χ2v) is 8.04. The summed E-state index contributed by atoms with van der Waals surface area (Å²) >= 11 is 0. The minimum atomic E-state index is -0.925. The van der Waals surface area contributed by atoms with Gasteiger partial charge in [-0.1, -0.05) is 6.07 Å². The van der Waals surface area contributed by atoms with Gasteiger partial charge in [-0.15, -0.1) is 12.4 Å². The van der Waals surface area contributed by atoms with Crippen molar-refractivity contribution >= 4 is 35.1 Å². The molecule has 0 aliphatic rings. The Labute approximate surface area is 210 Å². The largest absolute Gasteiger partial charge is 0.342 e. The maximum atomic E-state index is 15.0. The molecule has 0 saturated carbocycles. The van der Waals surface area contributed by atoms with Crippen LogP contribution in [0.2, 0.25) is 0 Å². The fraction of sp³-hybridized carbons (Fsp3) is 0.0769. The molecule has 10 heteroatoms. The Hall–Kier alpha value is -4.37. The fourth-order valence-electron chi connectivity index (χ4n) is 3.84. The predicted octanol–water partition coefficient (Wildman–Crippen LogP) is 5.12. The number of halogens is 3. The Morgan fingerprint density at radius 3 is 2.47 bits per heavy atom. The van der Waals surface area contributed by atoms with Crippen LogP contribution in [0.25, 0.3) is 27.8 Å². The van der Waals surface area contributed by atoms with E-state index >= 15 is 0 Å².